The van der Waals surface area contributed by atoms with Crippen molar-refractivity contribution in [3.63, 3.8) is 0 Å². The third-order valence-corrected chi connectivity index (χ3v) is 5.82. The van der Waals surface area contributed by atoms with Gasteiger partial charge in [-0.05, 0) is 43.0 Å². The van der Waals surface area contributed by atoms with Gasteiger partial charge < -0.3 is 4.90 Å². The molecular formula is C20H21ClFN3O. The summed E-state index contributed by atoms with van der Waals surface area (Å²) < 4.78 is 14.2. The van der Waals surface area contributed by atoms with Crippen LogP contribution >= 0.6 is 11.6 Å². The summed E-state index contributed by atoms with van der Waals surface area (Å²) in [7, 11) is 0. The van der Waals surface area contributed by atoms with E-state index in [2.05, 4.69) is 9.88 Å². The Morgan fingerprint density at radius 3 is 2.73 bits per heavy atom. The molecule has 26 heavy (non-hydrogen) atoms. The second kappa shape index (κ2) is 7.33. The SMILES string of the molecule is O=C(c1ccncc1)N1C[C@@H]2CC[C@H](C1)N(Cc1c(F)cccc1Cl)C2. The van der Waals surface area contributed by atoms with E-state index in [0.717, 1.165) is 25.9 Å². The lowest BCUT2D eigenvalue weighted by atomic mass is 9.94. The van der Waals surface area contributed by atoms with Gasteiger partial charge in [-0.1, -0.05) is 17.7 Å². The number of carbonyl (C=O) groups is 1. The molecule has 5 rings (SSSR count). The van der Waals surface area contributed by atoms with E-state index in [9.17, 15) is 9.18 Å². The third kappa shape index (κ3) is 3.46. The van der Waals surface area contributed by atoms with Gasteiger partial charge in [0.15, 0.2) is 0 Å². The van der Waals surface area contributed by atoms with E-state index in [1.807, 2.05) is 4.90 Å². The molecular weight excluding hydrogens is 353 g/mol. The van der Waals surface area contributed by atoms with Gasteiger partial charge in [0.25, 0.3) is 5.91 Å². The first-order valence-electron chi connectivity index (χ1n) is 8.98. The van der Waals surface area contributed by atoms with Crippen molar-refractivity contribution in [2.45, 2.75) is 25.4 Å². The Morgan fingerprint density at radius 1 is 1.15 bits per heavy atom. The van der Waals surface area contributed by atoms with Crippen molar-refractivity contribution < 1.29 is 9.18 Å². The molecule has 0 saturated carbocycles. The summed E-state index contributed by atoms with van der Waals surface area (Å²) in [6, 6.07) is 8.56. The Labute approximate surface area is 157 Å². The van der Waals surface area contributed by atoms with Gasteiger partial charge in [0.05, 0.1) is 0 Å². The molecule has 1 amide bonds. The van der Waals surface area contributed by atoms with E-state index in [1.54, 1.807) is 36.7 Å². The number of fused-ring (bicyclic) bond motifs is 4. The largest absolute Gasteiger partial charge is 0.337 e. The Bertz CT molecular complexity index is 781. The third-order valence-electron chi connectivity index (χ3n) is 5.46. The van der Waals surface area contributed by atoms with Crippen molar-refractivity contribution in [1.82, 2.24) is 14.8 Å². The number of hydrogen-bond donors (Lipinski definition) is 0. The number of amides is 1. The number of nitrogens with zero attached hydrogens (tertiary/aromatic N) is 3. The maximum absolute atomic E-state index is 14.2. The monoisotopic (exact) mass is 373 g/mol. The fraction of sp³-hybridized carbons (Fsp3) is 0.400. The normalized spacial score (nSPS) is 23.1. The van der Waals surface area contributed by atoms with E-state index in [-0.39, 0.29) is 17.8 Å². The summed E-state index contributed by atoms with van der Waals surface area (Å²) in [6.07, 6.45) is 5.42. The van der Waals surface area contributed by atoms with Gasteiger partial charge in [0.1, 0.15) is 5.82 Å². The van der Waals surface area contributed by atoms with Crippen LogP contribution in [0.15, 0.2) is 42.7 Å². The van der Waals surface area contributed by atoms with Crippen LogP contribution in [0.5, 0.6) is 0 Å². The smallest absolute Gasteiger partial charge is 0.254 e. The summed E-state index contributed by atoms with van der Waals surface area (Å²) in [5.41, 5.74) is 1.22. The molecule has 3 aliphatic heterocycles. The van der Waals surface area contributed by atoms with Crippen LogP contribution in [-0.2, 0) is 6.54 Å². The maximum atomic E-state index is 14.2. The zero-order valence-electron chi connectivity index (χ0n) is 14.4. The van der Waals surface area contributed by atoms with Gasteiger partial charge in [-0.25, -0.2) is 4.39 Å². The quantitative estimate of drug-likeness (QED) is 0.824. The van der Waals surface area contributed by atoms with Crippen molar-refractivity contribution in [3.8, 4) is 0 Å². The van der Waals surface area contributed by atoms with Crippen LogP contribution in [0.25, 0.3) is 0 Å². The predicted octanol–water partition coefficient (Wildman–Crippen LogP) is 3.61. The first kappa shape index (κ1) is 17.4. The van der Waals surface area contributed by atoms with Crippen LogP contribution in [0.1, 0.15) is 28.8 Å². The lowest BCUT2D eigenvalue weighted by molar-refractivity contribution is 0.0735. The van der Waals surface area contributed by atoms with Gasteiger partial charge >= 0.3 is 0 Å². The summed E-state index contributed by atoms with van der Waals surface area (Å²) in [5.74, 6) is 0.197. The average molecular weight is 374 g/mol. The highest BCUT2D eigenvalue weighted by molar-refractivity contribution is 6.31. The van der Waals surface area contributed by atoms with E-state index in [0.29, 0.717) is 35.2 Å². The summed E-state index contributed by atoms with van der Waals surface area (Å²) in [6.45, 7) is 2.78. The number of halogens is 2. The molecule has 0 aliphatic carbocycles. The molecule has 136 valence electrons. The topological polar surface area (TPSA) is 36.4 Å². The van der Waals surface area contributed by atoms with E-state index < -0.39 is 0 Å². The van der Waals surface area contributed by atoms with Gasteiger partial charge in [-0.15, -0.1) is 0 Å². The van der Waals surface area contributed by atoms with Crippen molar-refractivity contribution in [2.75, 3.05) is 19.6 Å². The standard InChI is InChI=1S/C20H21ClFN3O/c21-18-2-1-3-19(22)17(18)13-24-10-14-4-5-16(24)12-25(11-14)20(26)15-6-8-23-9-7-15/h1-3,6-9,14,16H,4-5,10-13H2/t14-,16-/m1/s1. The Hall–Kier alpha value is -1.98. The number of carbonyl (C=O) groups excluding carboxylic acids is 1. The minimum atomic E-state index is -0.262. The summed E-state index contributed by atoms with van der Waals surface area (Å²) in [5, 5.41) is 0.467. The molecule has 0 unspecified atom stereocenters. The average Bonchev–Trinajstić information content (AvgIpc) is 2.97. The van der Waals surface area contributed by atoms with Gasteiger partial charge in [0, 0.05) is 60.8 Å². The fourth-order valence-corrected chi connectivity index (χ4v) is 4.32. The van der Waals surface area contributed by atoms with Gasteiger partial charge in [0.2, 0.25) is 0 Å². The second-order valence-corrected chi connectivity index (χ2v) is 7.58. The van der Waals surface area contributed by atoms with E-state index in [1.165, 1.54) is 6.07 Å². The fourth-order valence-electron chi connectivity index (χ4n) is 4.10. The number of rotatable bonds is 3. The molecule has 3 fully saturated rings. The van der Waals surface area contributed by atoms with Gasteiger partial charge in [-0.2, -0.15) is 0 Å². The zero-order chi connectivity index (χ0) is 18.1. The molecule has 2 atom stereocenters. The Balaban J connectivity index is 1.53. The van der Waals surface area contributed by atoms with Crippen LogP contribution in [0.3, 0.4) is 0 Å². The molecule has 2 aromatic rings. The van der Waals surface area contributed by atoms with Crippen molar-refractivity contribution in [2.24, 2.45) is 5.92 Å². The number of pyridine rings is 1. The molecule has 0 spiro atoms. The molecule has 3 aliphatic rings. The molecule has 4 heterocycles. The highest BCUT2D eigenvalue weighted by Crippen LogP contribution is 2.31. The zero-order valence-corrected chi connectivity index (χ0v) is 15.2. The first-order valence-corrected chi connectivity index (χ1v) is 9.36. The van der Waals surface area contributed by atoms with Crippen LogP contribution in [0.2, 0.25) is 5.02 Å². The molecule has 2 bridgehead atoms. The van der Waals surface area contributed by atoms with Crippen molar-refractivity contribution in [3.05, 3.63) is 64.7 Å². The van der Waals surface area contributed by atoms with Gasteiger partial charge in [-0.3, -0.25) is 14.7 Å². The molecule has 1 aromatic heterocycles. The van der Waals surface area contributed by atoms with Crippen LogP contribution in [-0.4, -0.2) is 46.4 Å². The molecule has 0 radical (unpaired) electrons. The Kier molecular flexibility index (Phi) is 4.92. The number of piperidine rings is 1. The molecule has 6 heteroatoms. The van der Waals surface area contributed by atoms with Crippen LogP contribution in [0.4, 0.5) is 4.39 Å². The maximum Gasteiger partial charge on any atom is 0.254 e. The highest BCUT2D eigenvalue weighted by atomic mass is 35.5. The minimum absolute atomic E-state index is 0.0510. The number of benzene rings is 1. The van der Waals surface area contributed by atoms with Crippen molar-refractivity contribution in [1.29, 1.82) is 0 Å². The van der Waals surface area contributed by atoms with Crippen molar-refractivity contribution >= 4 is 17.5 Å². The highest BCUT2D eigenvalue weighted by Gasteiger charge is 2.37. The molecule has 0 N–H and O–H groups in total. The second-order valence-electron chi connectivity index (χ2n) is 7.17. The number of aromatic nitrogens is 1. The molecule has 1 aromatic carbocycles. The summed E-state index contributed by atoms with van der Waals surface area (Å²) in [4.78, 5) is 21.1. The lowest BCUT2D eigenvalue weighted by Crippen LogP contribution is -2.44. The Morgan fingerprint density at radius 2 is 1.96 bits per heavy atom. The van der Waals surface area contributed by atoms with E-state index in [4.69, 9.17) is 11.6 Å². The van der Waals surface area contributed by atoms with Crippen LogP contribution in [0, 0.1) is 11.7 Å². The summed E-state index contributed by atoms with van der Waals surface area (Å²) >= 11 is 6.21. The predicted molar refractivity (Wildman–Crippen MR) is 98.5 cm³/mol. The lowest BCUT2D eigenvalue weighted by Gasteiger charge is -2.36. The molecule has 3 saturated heterocycles. The van der Waals surface area contributed by atoms with E-state index >= 15 is 0 Å². The molecule has 4 nitrogen and oxygen atoms in total. The number of hydrogen-bond acceptors (Lipinski definition) is 3. The van der Waals surface area contributed by atoms with Crippen LogP contribution < -0.4 is 0 Å². The first-order chi connectivity index (χ1) is 12.6. The minimum Gasteiger partial charge on any atom is -0.337 e.